The van der Waals surface area contributed by atoms with E-state index < -0.39 is 23.4 Å². The number of phenols is 2. The fraction of sp³-hybridized carbons (Fsp3) is 0.471. The molecular weight excluding hydrogens is 300 g/mol. The van der Waals surface area contributed by atoms with Crippen LogP contribution in [0.15, 0.2) is 18.2 Å². The van der Waals surface area contributed by atoms with Gasteiger partial charge in [0.2, 0.25) is 0 Å². The summed E-state index contributed by atoms with van der Waals surface area (Å²) >= 11 is 0. The highest BCUT2D eigenvalue weighted by atomic mass is 16.5. The number of phenolic OH excluding ortho intramolecular Hbond substituents is 2. The third-order valence-corrected chi connectivity index (χ3v) is 4.12. The monoisotopic (exact) mass is 322 g/mol. The molecule has 1 aliphatic carbocycles. The van der Waals surface area contributed by atoms with E-state index in [2.05, 4.69) is 0 Å². The van der Waals surface area contributed by atoms with Gasteiger partial charge >= 0.3 is 5.97 Å². The van der Waals surface area contributed by atoms with Gasteiger partial charge in [0.25, 0.3) is 0 Å². The predicted molar refractivity (Wildman–Crippen MR) is 83.8 cm³/mol. The van der Waals surface area contributed by atoms with Crippen LogP contribution in [0.2, 0.25) is 0 Å². The van der Waals surface area contributed by atoms with E-state index in [1.165, 1.54) is 24.3 Å². The van der Waals surface area contributed by atoms with Gasteiger partial charge in [-0.05, 0) is 50.3 Å². The van der Waals surface area contributed by atoms with Gasteiger partial charge in [-0.1, -0.05) is 6.07 Å². The standard InChI is InChI=1S/C17H22O6/c1-2-23-14(20)6-4-11-3-5-13(19)16(21)15(11)17(22)9-7-12(18)8-10-17/h3-6,12,18-19,21-22H,2,7-10H2,1H3/b6-4+. The van der Waals surface area contributed by atoms with Crippen LogP contribution < -0.4 is 0 Å². The van der Waals surface area contributed by atoms with Crippen molar-refractivity contribution >= 4 is 12.0 Å². The zero-order valence-corrected chi connectivity index (χ0v) is 13.0. The Morgan fingerprint density at radius 2 is 2.00 bits per heavy atom. The second-order valence-electron chi connectivity index (χ2n) is 5.75. The van der Waals surface area contributed by atoms with Crippen molar-refractivity contribution < 1.29 is 30.0 Å². The van der Waals surface area contributed by atoms with E-state index >= 15 is 0 Å². The molecule has 0 aromatic heterocycles. The van der Waals surface area contributed by atoms with Crippen molar-refractivity contribution in [2.45, 2.75) is 44.3 Å². The van der Waals surface area contributed by atoms with Crippen LogP contribution in [0.1, 0.15) is 43.7 Å². The lowest BCUT2D eigenvalue weighted by atomic mass is 9.76. The number of rotatable bonds is 4. The highest BCUT2D eigenvalue weighted by Gasteiger charge is 2.38. The molecule has 6 nitrogen and oxygen atoms in total. The Labute approximate surface area is 134 Å². The van der Waals surface area contributed by atoms with E-state index in [9.17, 15) is 25.2 Å². The Morgan fingerprint density at radius 1 is 1.35 bits per heavy atom. The summed E-state index contributed by atoms with van der Waals surface area (Å²) in [5, 5.41) is 40.5. The number of carbonyl (C=O) groups is 1. The van der Waals surface area contributed by atoms with Crippen LogP contribution in [0.25, 0.3) is 6.08 Å². The summed E-state index contributed by atoms with van der Waals surface area (Å²) in [7, 11) is 0. The van der Waals surface area contributed by atoms with Crippen LogP contribution in [0.5, 0.6) is 11.5 Å². The molecule has 1 aromatic rings. The van der Waals surface area contributed by atoms with Crippen LogP contribution in [0, 0.1) is 0 Å². The minimum atomic E-state index is -1.36. The number of esters is 1. The van der Waals surface area contributed by atoms with Gasteiger partial charge in [0, 0.05) is 11.6 Å². The van der Waals surface area contributed by atoms with Crippen LogP contribution in [0.4, 0.5) is 0 Å². The first kappa shape index (κ1) is 17.3. The highest BCUT2D eigenvalue weighted by molar-refractivity contribution is 5.87. The van der Waals surface area contributed by atoms with E-state index in [1.54, 1.807) is 6.92 Å². The quantitative estimate of drug-likeness (QED) is 0.382. The van der Waals surface area contributed by atoms with Crippen molar-refractivity contribution in [1.29, 1.82) is 0 Å². The number of aliphatic hydroxyl groups is 2. The lowest BCUT2D eigenvalue weighted by molar-refractivity contribution is -0.137. The van der Waals surface area contributed by atoms with Crippen LogP contribution in [-0.4, -0.2) is 39.1 Å². The summed E-state index contributed by atoms with van der Waals surface area (Å²) in [4.78, 5) is 11.5. The fourth-order valence-corrected chi connectivity index (χ4v) is 2.90. The smallest absolute Gasteiger partial charge is 0.330 e. The summed E-state index contributed by atoms with van der Waals surface area (Å²) in [5.74, 6) is -1.28. The average Bonchev–Trinajstić information content (AvgIpc) is 2.52. The Kier molecular flexibility index (Phi) is 5.28. The molecule has 1 aromatic carbocycles. The normalized spacial score (nSPS) is 24.7. The van der Waals surface area contributed by atoms with Crippen LogP contribution in [-0.2, 0) is 15.1 Å². The fourth-order valence-electron chi connectivity index (χ4n) is 2.90. The minimum Gasteiger partial charge on any atom is -0.504 e. The molecule has 0 saturated heterocycles. The maximum Gasteiger partial charge on any atom is 0.330 e. The third kappa shape index (κ3) is 3.83. The molecule has 1 fully saturated rings. The molecule has 0 atom stereocenters. The molecule has 1 aliphatic rings. The molecule has 0 amide bonds. The van der Waals surface area contributed by atoms with E-state index in [0.717, 1.165) is 0 Å². The molecule has 0 aliphatic heterocycles. The highest BCUT2D eigenvalue weighted by Crippen LogP contribution is 2.46. The average molecular weight is 322 g/mol. The van der Waals surface area contributed by atoms with Gasteiger partial charge in [-0.2, -0.15) is 0 Å². The second kappa shape index (κ2) is 7.02. The van der Waals surface area contributed by atoms with Crippen molar-refractivity contribution in [3.05, 3.63) is 29.3 Å². The van der Waals surface area contributed by atoms with E-state index in [4.69, 9.17) is 4.74 Å². The molecule has 2 rings (SSSR count). The molecule has 6 heteroatoms. The minimum absolute atomic E-state index is 0.171. The Balaban J connectivity index is 2.40. The summed E-state index contributed by atoms with van der Waals surface area (Å²) in [6, 6.07) is 2.81. The largest absolute Gasteiger partial charge is 0.504 e. The van der Waals surface area contributed by atoms with Gasteiger partial charge in [-0.25, -0.2) is 4.79 Å². The molecular formula is C17H22O6. The van der Waals surface area contributed by atoms with E-state index in [1.807, 2.05) is 0 Å². The third-order valence-electron chi connectivity index (χ3n) is 4.12. The Morgan fingerprint density at radius 3 is 2.61 bits per heavy atom. The lowest BCUT2D eigenvalue weighted by Crippen LogP contribution is -2.34. The number of aromatic hydroxyl groups is 2. The van der Waals surface area contributed by atoms with Gasteiger partial charge in [0.15, 0.2) is 11.5 Å². The molecule has 0 heterocycles. The van der Waals surface area contributed by atoms with Gasteiger partial charge in [0.05, 0.1) is 18.3 Å². The maximum absolute atomic E-state index is 11.5. The number of benzene rings is 1. The second-order valence-corrected chi connectivity index (χ2v) is 5.75. The van der Waals surface area contributed by atoms with E-state index in [0.29, 0.717) is 18.4 Å². The summed E-state index contributed by atoms with van der Waals surface area (Å²) < 4.78 is 4.81. The summed E-state index contributed by atoms with van der Waals surface area (Å²) in [6.07, 6.45) is 3.47. The van der Waals surface area contributed by atoms with Crippen molar-refractivity contribution in [2.75, 3.05) is 6.61 Å². The predicted octanol–water partition coefficient (Wildman–Crippen LogP) is 1.80. The Bertz CT molecular complexity index is 599. The molecule has 0 radical (unpaired) electrons. The maximum atomic E-state index is 11.5. The van der Waals surface area contributed by atoms with Crippen molar-refractivity contribution in [3.63, 3.8) is 0 Å². The zero-order valence-electron chi connectivity index (χ0n) is 13.0. The topological polar surface area (TPSA) is 107 Å². The van der Waals surface area contributed by atoms with Crippen molar-refractivity contribution in [2.24, 2.45) is 0 Å². The van der Waals surface area contributed by atoms with Gasteiger partial charge in [-0.3, -0.25) is 0 Å². The first-order valence-electron chi connectivity index (χ1n) is 7.68. The van der Waals surface area contributed by atoms with Gasteiger partial charge in [-0.15, -0.1) is 0 Å². The summed E-state index contributed by atoms with van der Waals surface area (Å²) in [5.41, 5.74) is -0.770. The lowest BCUT2D eigenvalue weighted by Gasteiger charge is -2.36. The number of ether oxygens (including phenoxy) is 1. The van der Waals surface area contributed by atoms with E-state index in [-0.39, 0.29) is 30.8 Å². The molecule has 1 saturated carbocycles. The SMILES string of the molecule is CCOC(=O)/C=C/c1ccc(O)c(O)c1C1(O)CCC(O)CC1. The number of hydrogen-bond acceptors (Lipinski definition) is 6. The first-order chi connectivity index (χ1) is 10.9. The van der Waals surface area contributed by atoms with Crippen LogP contribution >= 0.6 is 0 Å². The molecule has 0 bridgehead atoms. The number of aliphatic hydroxyl groups excluding tert-OH is 1. The molecule has 23 heavy (non-hydrogen) atoms. The number of hydrogen-bond donors (Lipinski definition) is 4. The molecule has 0 unspecified atom stereocenters. The molecule has 4 N–H and O–H groups in total. The zero-order chi connectivity index (χ0) is 17.0. The first-order valence-corrected chi connectivity index (χ1v) is 7.68. The van der Waals surface area contributed by atoms with Crippen molar-refractivity contribution in [1.82, 2.24) is 0 Å². The van der Waals surface area contributed by atoms with Crippen molar-refractivity contribution in [3.8, 4) is 11.5 Å². The number of carbonyl (C=O) groups excluding carboxylic acids is 1. The summed E-state index contributed by atoms with van der Waals surface area (Å²) in [6.45, 7) is 1.94. The molecule has 0 spiro atoms. The van der Waals surface area contributed by atoms with Crippen LogP contribution in [0.3, 0.4) is 0 Å². The van der Waals surface area contributed by atoms with Gasteiger partial charge in [0.1, 0.15) is 0 Å². The molecule has 126 valence electrons. The van der Waals surface area contributed by atoms with Gasteiger partial charge < -0.3 is 25.2 Å². The Hall–Kier alpha value is -2.05.